The van der Waals surface area contributed by atoms with Gasteiger partial charge >= 0.3 is 6.03 Å². The smallest absolute Gasteiger partial charge is 0.315 e. The van der Waals surface area contributed by atoms with Gasteiger partial charge in [0.2, 0.25) is 0 Å². The first kappa shape index (κ1) is 16.9. The van der Waals surface area contributed by atoms with Crippen molar-refractivity contribution in [3.8, 4) is 0 Å². The van der Waals surface area contributed by atoms with Gasteiger partial charge < -0.3 is 15.7 Å². The number of carbonyl (C=O) groups is 1. The molecule has 0 unspecified atom stereocenters. The number of hydrogen-bond donors (Lipinski definition) is 3. The SMILES string of the molecule is CCC(O)(CC)CNC(=O)NCc1ccc(SC)cc1. The Bertz CT molecular complexity index is 416. The molecule has 2 amide bonds. The summed E-state index contributed by atoms with van der Waals surface area (Å²) in [5.74, 6) is 0. The predicted molar refractivity (Wildman–Crippen MR) is 84.0 cm³/mol. The van der Waals surface area contributed by atoms with Gasteiger partial charge in [0.1, 0.15) is 0 Å². The van der Waals surface area contributed by atoms with E-state index in [0.717, 1.165) is 5.56 Å². The summed E-state index contributed by atoms with van der Waals surface area (Å²) >= 11 is 1.69. The summed E-state index contributed by atoms with van der Waals surface area (Å²) in [4.78, 5) is 12.9. The van der Waals surface area contributed by atoms with Crippen LogP contribution in [-0.4, -0.2) is 29.5 Å². The first-order chi connectivity index (χ1) is 9.53. The highest BCUT2D eigenvalue weighted by molar-refractivity contribution is 7.98. The molecule has 3 N–H and O–H groups in total. The quantitative estimate of drug-likeness (QED) is 0.678. The lowest BCUT2D eigenvalue weighted by molar-refractivity contribution is 0.0349. The van der Waals surface area contributed by atoms with Crippen molar-refractivity contribution in [3.05, 3.63) is 29.8 Å². The summed E-state index contributed by atoms with van der Waals surface area (Å²) in [6, 6.07) is 7.82. The molecule has 0 saturated heterocycles. The maximum Gasteiger partial charge on any atom is 0.315 e. The standard InChI is InChI=1S/C15H24N2O2S/c1-4-15(19,5-2)11-17-14(18)16-10-12-6-8-13(20-3)9-7-12/h6-9,19H,4-5,10-11H2,1-3H3,(H2,16,17,18). The molecule has 0 atom stereocenters. The average molecular weight is 296 g/mol. The highest BCUT2D eigenvalue weighted by atomic mass is 32.2. The Labute approximate surface area is 125 Å². The second-order valence-electron chi connectivity index (χ2n) is 4.82. The van der Waals surface area contributed by atoms with E-state index in [1.165, 1.54) is 4.90 Å². The van der Waals surface area contributed by atoms with E-state index in [4.69, 9.17) is 0 Å². The van der Waals surface area contributed by atoms with Crippen LogP contribution in [0.3, 0.4) is 0 Å². The number of aliphatic hydroxyl groups is 1. The van der Waals surface area contributed by atoms with Crippen molar-refractivity contribution in [2.75, 3.05) is 12.8 Å². The zero-order valence-electron chi connectivity index (χ0n) is 12.4. The van der Waals surface area contributed by atoms with E-state index in [0.29, 0.717) is 19.4 Å². The van der Waals surface area contributed by atoms with Crippen LogP contribution in [0.5, 0.6) is 0 Å². The lowest BCUT2D eigenvalue weighted by Crippen LogP contribution is -2.45. The van der Waals surface area contributed by atoms with Gasteiger partial charge in [0.15, 0.2) is 0 Å². The summed E-state index contributed by atoms with van der Waals surface area (Å²) in [6.07, 6.45) is 3.28. The molecule has 0 heterocycles. The van der Waals surface area contributed by atoms with E-state index in [1.54, 1.807) is 11.8 Å². The average Bonchev–Trinajstić information content (AvgIpc) is 2.51. The fourth-order valence-corrected chi connectivity index (χ4v) is 2.14. The molecular weight excluding hydrogens is 272 g/mol. The number of amides is 2. The third kappa shape index (κ3) is 5.43. The number of carbonyl (C=O) groups excluding carboxylic acids is 1. The summed E-state index contributed by atoms with van der Waals surface area (Å²) in [7, 11) is 0. The maximum atomic E-state index is 11.7. The van der Waals surface area contributed by atoms with Gasteiger partial charge in [0, 0.05) is 18.0 Å². The normalized spacial score (nSPS) is 11.2. The number of rotatable bonds is 7. The molecule has 0 radical (unpaired) electrons. The molecule has 0 saturated carbocycles. The zero-order chi connectivity index (χ0) is 15.0. The molecule has 112 valence electrons. The topological polar surface area (TPSA) is 61.4 Å². The van der Waals surface area contributed by atoms with Crippen LogP contribution in [-0.2, 0) is 6.54 Å². The Morgan fingerprint density at radius 1 is 1.20 bits per heavy atom. The molecule has 4 nitrogen and oxygen atoms in total. The van der Waals surface area contributed by atoms with Crippen LogP contribution in [0.1, 0.15) is 32.3 Å². The molecule has 0 aliphatic heterocycles. The number of nitrogens with one attached hydrogen (secondary N) is 2. The van der Waals surface area contributed by atoms with Gasteiger partial charge in [-0.05, 0) is 36.8 Å². The minimum Gasteiger partial charge on any atom is -0.388 e. The summed E-state index contributed by atoms with van der Waals surface area (Å²) in [5.41, 5.74) is 0.247. The largest absolute Gasteiger partial charge is 0.388 e. The van der Waals surface area contributed by atoms with Crippen LogP contribution < -0.4 is 10.6 Å². The number of benzene rings is 1. The Morgan fingerprint density at radius 3 is 2.30 bits per heavy atom. The van der Waals surface area contributed by atoms with Gasteiger partial charge in [0.05, 0.1) is 5.60 Å². The fraction of sp³-hybridized carbons (Fsp3) is 0.533. The predicted octanol–water partition coefficient (Wildman–Crippen LogP) is 2.76. The van der Waals surface area contributed by atoms with Crippen molar-refractivity contribution in [3.63, 3.8) is 0 Å². The molecule has 0 aliphatic carbocycles. The zero-order valence-corrected chi connectivity index (χ0v) is 13.2. The van der Waals surface area contributed by atoms with Crippen LogP contribution in [0.2, 0.25) is 0 Å². The summed E-state index contributed by atoms with van der Waals surface area (Å²) < 4.78 is 0. The lowest BCUT2D eigenvalue weighted by atomic mass is 9.98. The van der Waals surface area contributed by atoms with Crippen LogP contribution in [0.15, 0.2) is 29.2 Å². The second kappa shape index (κ2) is 8.17. The minimum absolute atomic E-state index is 0.251. The van der Waals surface area contributed by atoms with Crippen LogP contribution in [0, 0.1) is 0 Å². The summed E-state index contributed by atoms with van der Waals surface area (Å²) in [6.45, 7) is 4.58. The first-order valence-electron chi connectivity index (χ1n) is 6.90. The molecule has 0 spiro atoms. The van der Waals surface area contributed by atoms with E-state index < -0.39 is 5.60 Å². The van der Waals surface area contributed by atoms with E-state index in [2.05, 4.69) is 10.6 Å². The van der Waals surface area contributed by atoms with Crippen molar-refractivity contribution in [2.45, 2.75) is 43.7 Å². The molecule has 1 aromatic carbocycles. The van der Waals surface area contributed by atoms with E-state index in [-0.39, 0.29) is 12.6 Å². The molecule has 0 aromatic heterocycles. The molecule has 1 rings (SSSR count). The number of hydrogen-bond acceptors (Lipinski definition) is 3. The number of urea groups is 1. The molecule has 20 heavy (non-hydrogen) atoms. The Morgan fingerprint density at radius 2 is 1.80 bits per heavy atom. The van der Waals surface area contributed by atoms with Gasteiger partial charge in [-0.25, -0.2) is 4.79 Å². The molecule has 5 heteroatoms. The maximum absolute atomic E-state index is 11.7. The van der Waals surface area contributed by atoms with Gasteiger partial charge in [-0.15, -0.1) is 11.8 Å². The Balaban J connectivity index is 2.35. The minimum atomic E-state index is -0.808. The fourth-order valence-electron chi connectivity index (χ4n) is 1.73. The highest BCUT2D eigenvalue weighted by Gasteiger charge is 2.22. The monoisotopic (exact) mass is 296 g/mol. The first-order valence-corrected chi connectivity index (χ1v) is 8.12. The van der Waals surface area contributed by atoms with E-state index >= 15 is 0 Å². The van der Waals surface area contributed by atoms with Crippen LogP contribution in [0.4, 0.5) is 4.79 Å². The van der Waals surface area contributed by atoms with Crippen molar-refractivity contribution in [1.29, 1.82) is 0 Å². The third-order valence-electron chi connectivity index (χ3n) is 3.51. The van der Waals surface area contributed by atoms with Gasteiger partial charge in [0.25, 0.3) is 0 Å². The molecular formula is C15H24N2O2S. The molecule has 0 fully saturated rings. The third-order valence-corrected chi connectivity index (χ3v) is 4.25. The van der Waals surface area contributed by atoms with Crippen LogP contribution in [0.25, 0.3) is 0 Å². The Kier molecular flexibility index (Phi) is 6.88. The van der Waals surface area contributed by atoms with E-state index in [9.17, 15) is 9.90 Å². The lowest BCUT2D eigenvalue weighted by Gasteiger charge is -2.25. The summed E-state index contributed by atoms with van der Waals surface area (Å²) in [5, 5.41) is 15.6. The molecule has 0 aliphatic rings. The van der Waals surface area contributed by atoms with Crippen molar-refractivity contribution in [1.82, 2.24) is 10.6 Å². The second-order valence-corrected chi connectivity index (χ2v) is 5.70. The number of thioether (sulfide) groups is 1. The van der Waals surface area contributed by atoms with E-state index in [1.807, 2.05) is 44.4 Å². The van der Waals surface area contributed by atoms with Crippen LogP contribution >= 0.6 is 11.8 Å². The Hall–Kier alpha value is -1.20. The highest BCUT2D eigenvalue weighted by Crippen LogP contribution is 2.15. The van der Waals surface area contributed by atoms with Crippen molar-refractivity contribution < 1.29 is 9.90 Å². The van der Waals surface area contributed by atoms with Gasteiger partial charge in [-0.3, -0.25) is 0 Å². The van der Waals surface area contributed by atoms with Crippen molar-refractivity contribution >= 4 is 17.8 Å². The van der Waals surface area contributed by atoms with Gasteiger partial charge in [-0.2, -0.15) is 0 Å². The van der Waals surface area contributed by atoms with Crippen molar-refractivity contribution in [2.24, 2.45) is 0 Å². The van der Waals surface area contributed by atoms with Gasteiger partial charge in [-0.1, -0.05) is 26.0 Å². The molecule has 0 bridgehead atoms. The molecule has 1 aromatic rings.